The average Bonchev–Trinajstić information content (AvgIpc) is 2.89. The summed E-state index contributed by atoms with van der Waals surface area (Å²) >= 11 is 0. The molecule has 1 saturated heterocycles. The van der Waals surface area contributed by atoms with Crippen LogP contribution in [0.4, 0.5) is 8.78 Å². The van der Waals surface area contributed by atoms with Crippen molar-refractivity contribution in [2.24, 2.45) is 11.7 Å². The van der Waals surface area contributed by atoms with E-state index in [4.69, 9.17) is 10.5 Å². The number of nitrogens with one attached hydrogen (secondary N) is 1. The van der Waals surface area contributed by atoms with E-state index in [0.29, 0.717) is 18.6 Å². The summed E-state index contributed by atoms with van der Waals surface area (Å²) in [4.78, 5) is 12.0. The zero-order valence-corrected chi connectivity index (χ0v) is 12.1. The van der Waals surface area contributed by atoms with Crippen LogP contribution in [0.1, 0.15) is 31.9 Å². The summed E-state index contributed by atoms with van der Waals surface area (Å²) in [5.41, 5.74) is 6.31. The first-order valence-corrected chi connectivity index (χ1v) is 7.02. The van der Waals surface area contributed by atoms with Crippen LogP contribution in [-0.2, 0) is 9.53 Å². The quantitative estimate of drug-likeness (QED) is 0.892. The molecule has 2 unspecified atom stereocenters. The van der Waals surface area contributed by atoms with Gasteiger partial charge in [0.25, 0.3) is 0 Å². The lowest BCUT2D eigenvalue weighted by Crippen LogP contribution is -2.48. The molecule has 1 aromatic carbocycles. The molecule has 3 atom stereocenters. The highest BCUT2D eigenvalue weighted by molar-refractivity contribution is 5.82. The Bertz CT molecular complexity index is 522. The zero-order valence-electron chi connectivity index (χ0n) is 12.1. The zero-order chi connectivity index (χ0) is 15.6. The van der Waals surface area contributed by atoms with Gasteiger partial charge in [-0.15, -0.1) is 0 Å². The third-order valence-electron chi connectivity index (χ3n) is 3.71. The van der Waals surface area contributed by atoms with E-state index >= 15 is 0 Å². The first-order chi connectivity index (χ1) is 9.90. The van der Waals surface area contributed by atoms with Gasteiger partial charge in [-0.2, -0.15) is 0 Å². The SMILES string of the molecule is CC(C)[C@H](N)C(=O)NC1CCOC1c1ccc(F)c(F)c1. The van der Waals surface area contributed by atoms with E-state index in [0.717, 1.165) is 12.1 Å². The van der Waals surface area contributed by atoms with E-state index in [1.165, 1.54) is 6.07 Å². The van der Waals surface area contributed by atoms with Gasteiger partial charge in [0.05, 0.1) is 12.1 Å². The van der Waals surface area contributed by atoms with Gasteiger partial charge in [0.1, 0.15) is 6.10 Å². The summed E-state index contributed by atoms with van der Waals surface area (Å²) in [6.45, 7) is 4.18. The van der Waals surface area contributed by atoms with Gasteiger partial charge in [-0.3, -0.25) is 4.79 Å². The number of rotatable bonds is 4. The molecular formula is C15H20F2N2O2. The van der Waals surface area contributed by atoms with Crippen molar-refractivity contribution in [3.05, 3.63) is 35.4 Å². The van der Waals surface area contributed by atoms with Crippen molar-refractivity contribution < 1.29 is 18.3 Å². The van der Waals surface area contributed by atoms with Gasteiger partial charge in [-0.1, -0.05) is 19.9 Å². The summed E-state index contributed by atoms with van der Waals surface area (Å²) in [6, 6.07) is 2.75. The van der Waals surface area contributed by atoms with Gasteiger partial charge in [-0.25, -0.2) is 8.78 Å². The van der Waals surface area contributed by atoms with Crippen LogP contribution in [0.2, 0.25) is 0 Å². The van der Waals surface area contributed by atoms with Crippen molar-refractivity contribution in [2.45, 2.75) is 38.5 Å². The number of halogens is 2. The molecule has 21 heavy (non-hydrogen) atoms. The first-order valence-electron chi connectivity index (χ1n) is 7.02. The largest absolute Gasteiger partial charge is 0.371 e. The highest BCUT2D eigenvalue weighted by atomic mass is 19.2. The Kier molecular flexibility index (Phi) is 4.90. The number of hydrogen-bond acceptors (Lipinski definition) is 3. The standard InChI is InChI=1S/C15H20F2N2O2/c1-8(2)13(18)15(20)19-12-5-6-21-14(12)9-3-4-10(16)11(17)7-9/h3-4,7-8,12-14H,5-6,18H2,1-2H3,(H,19,20)/t12?,13-,14?/m0/s1. The van der Waals surface area contributed by atoms with E-state index in [1.54, 1.807) is 0 Å². The molecule has 4 nitrogen and oxygen atoms in total. The second-order valence-electron chi connectivity index (χ2n) is 5.64. The molecule has 1 heterocycles. The van der Waals surface area contributed by atoms with Crippen LogP contribution in [-0.4, -0.2) is 24.6 Å². The smallest absolute Gasteiger partial charge is 0.237 e. The summed E-state index contributed by atoms with van der Waals surface area (Å²) < 4.78 is 31.8. The van der Waals surface area contributed by atoms with E-state index in [1.807, 2.05) is 13.8 Å². The number of ether oxygens (including phenoxy) is 1. The maximum absolute atomic E-state index is 13.3. The summed E-state index contributed by atoms with van der Waals surface area (Å²) in [5, 5.41) is 2.84. The molecule has 1 amide bonds. The Labute approximate surface area is 122 Å². The van der Waals surface area contributed by atoms with Gasteiger partial charge in [0, 0.05) is 6.61 Å². The van der Waals surface area contributed by atoms with Gasteiger partial charge < -0.3 is 15.8 Å². The van der Waals surface area contributed by atoms with Crippen molar-refractivity contribution in [3.8, 4) is 0 Å². The van der Waals surface area contributed by atoms with Crippen LogP contribution < -0.4 is 11.1 Å². The molecular weight excluding hydrogens is 278 g/mol. The molecule has 0 aromatic heterocycles. The Balaban J connectivity index is 2.09. The average molecular weight is 298 g/mol. The Morgan fingerprint density at radius 2 is 2.10 bits per heavy atom. The normalized spacial score (nSPS) is 23.3. The molecule has 0 radical (unpaired) electrons. The van der Waals surface area contributed by atoms with Crippen LogP contribution in [0.3, 0.4) is 0 Å². The molecule has 1 aliphatic rings. The predicted octanol–water partition coefficient (Wildman–Crippen LogP) is 1.89. The van der Waals surface area contributed by atoms with Crippen LogP contribution in [0.25, 0.3) is 0 Å². The van der Waals surface area contributed by atoms with Crippen molar-refractivity contribution in [1.82, 2.24) is 5.32 Å². The fourth-order valence-corrected chi connectivity index (χ4v) is 2.34. The number of carbonyl (C=O) groups is 1. The number of nitrogens with two attached hydrogens (primary N) is 1. The molecule has 1 fully saturated rings. The number of benzene rings is 1. The molecule has 0 spiro atoms. The lowest BCUT2D eigenvalue weighted by atomic mass is 10.00. The molecule has 3 N–H and O–H groups in total. The summed E-state index contributed by atoms with van der Waals surface area (Å²) in [6.07, 6.45) is 0.128. The monoisotopic (exact) mass is 298 g/mol. The Morgan fingerprint density at radius 1 is 1.38 bits per heavy atom. The van der Waals surface area contributed by atoms with E-state index in [9.17, 15) is 13.6 Å². The highest BCUT2D eigenvalue weighted by Crippen LogP contribution is 2.30. The highest BCUT2D eigenvalue weighted by Gasteiger charge is 2.32. The van der Waals surface area contributed by atoms with Crippen molar-refractivity contribution in [2.75, 3.05) is 6.61 Å². The molecule has 0 saturated carbocycles. The Morgan fingerprint density at radius 3 is 2.71 bits per heavy atom. The van der Waals surface area contributed by atoms with Crippen molar-refractivity contribution >= 4 is 5.91 Å². The van der Waals surface area contributed by atoms with Gasteiger partial charge >= 0.3 is 0 Å². The molecule has 2 rings (SSSR count). The second kappa shape index (κ2) is 6.49. The lowest BCUT2D eigenvalue weighted by molar-refractivity contribution is -0.124. The maximum Gasteiger partial charge on any atom is 0.237 e. The third kappa shape index (κ3) is 3.57. The minimum atomic E-state index is -0.924. The van der Waals surface area contributed by atoms with Gasteiger partial charge in [-0.05, 0) is 30.0 Å². The predicted molar refractivity (Wildman–Crippen MR) is 74.4 cm³/mol. The van der Waals surface area contributed by atoms with Crippen LogP contribution in [0.15, 0.2) is 18.2 Å². The first kappa shape index (κ1) is 15.9. The summed E-state index contributed by atoms with van der Waals surface area (Å²) in [7, 11) is 0. The molecule has 1 aliphatic heterocycles. The van der Waals surface area contributed by atoms with Gasteiger partial charge in [0.2, 0.25) is 5.91 Å². The number of amides is 1. The third-order valence-corrected chi connectivity index (χ3v) is 3.71. The topological polar surface area (TPSA) is 64.4 Å². The summed E-state index contributed by atoms with van der Waals surface area (Å²) in [5.74, 6) is -2.06. The van der Waals surface area contributed by atoms with Crippen molar-refractivity contribution in [1.29, 1.82) is 0 Å². The molecule has 1 aromatic rings. The van der Waals surface area contributed by atoms with Crippen LogP contribution >= 0.6 is 0 Å². The van der Waals surface area contributed by atoms with Crippen LogP contribution in [0, 0.1) is 17.6 Å². The fourth-order valence-electron chi connectivity index (χ4n) is 2.34. The van der Waals surface area contributed by atoms with E-state index in [-0.39, 0.29) is 17.9 Å². The van der Waals surface area contributed by atoms with E-state index in [2.05, 4.69) is 5.32 Å². The lowest BCUT2D eigenvalue weighted by Gasteiger charge is -2.23. The van der Waals surface area contributed by atoms with Gasteiger partial charge in [0.15, 0.2) is 11.6 Å². The molecule has 116 valence electrons. The minimum absolute atomic E-state index is 0.0223. The molecule has 0 bridgehead atoms. The second-order valence-corrected chi connectivity index (χ2v) is 5.64. The maximum atomic E-state index is 13.3. The van der Waals surface area contributed by atoms with Crippen LogP contribution in [0.5, 0.6) is 0 Å². The van der Waals surface area contributed by atoms with E-state index < -0.39 is 23.8 Å². The Hall–Kier alpha value is -1.53. The minimum Gasteiger partial charge on any atom is -0.371 e. The molecule has 0 aliphatic carbocycles. The number of hydrogen-bond donors (Lipinski definition) is 2. The fraction of sp³-hybridized carbons (Fsp3) is 0.533. The number of carbonyl (C=O) groups excluding carboxylic acids is 1. The molecule has 6 heteroatoms. The van der Waals surface area contributed by atoms with Crippen molar-refractivity contribution in [3.63, 3.8) is 0 Å².